The maximum atomic E-state index is 9.79. The molecule has 0 aliphatic carbocycles. The highest BCUT2D eigenvalue weighted by atomic mass is 16.7. The molecular formula is C7H6N4O5. The van der Waals surface area contributed by atoms with E-state index < -0.39 is 9.96 Å². The fourth-order valence-corrected chi connectivity index (χ4v) is 0.722. The minimum atomic E-state index is -0.583. The minimum Gasteiger partial charge on any atom is -0.409 e. The Bertz CT molecular complexity index is 405. The van der Waals surface area contributed by atoms with Gasteiger partial charge in [0.25, 0.3) is 0 Å². The van der Waals surface area contributed by atoms with Crippen molar-refractivity contribution >= 4 is 5.88 Å². The van der Waals surface area contributed by atoms with E-state index in [0.717, 1.165) is 11.0 Å². The van der Waals surface area contributed by atoms with E-state index in [1.807, 2.05) is 0 Å². The molecule has 9 heteroatoms. The summed E-state index contributed by atoms with van der Waals surface area (Å²) in [5, 5.41) is 19.0. The second-order valence-corrected chi connectivity index (χ2v) is 2.39. The third-order valence-electron chi connectivity index (χ3n) is 1.37. The van der Waals surface area contributed by atoms with Gasteiger partial charge < -0.3 is 4.42 Å². The Morgan fingerprint density at radius 3 is 2.38 bits per heavy atom. The lowest BCUT2D eigenvalue weighted by Crippen LogP contribution is -2.04. The van der Waals surface area contributed by atoms with Crippen molar-refractivity contribution in [1.82, 2.24) is 9.66 Å². The van der Waals surface area contributed by atoms with Gasteiger partial charge in [-0.25, -0.2) is 15.1 Å². The van der Waals surface area contributed by atoms with Crippen LogP contribution < -0.4 is 0 Å². The molecule has 0 bridgehead atoms. The van der Waals surface area contributed by atoms with E-state index in [-0.39, 0.29) is 5.88 Å². The molecule has 0 saturated carbocycles. The summed E-state index contributed by atoms with van der Waals surface area (Å²) in [6.45, 7) is 0. The lowest BCUT2D eigenvalue weighted by molar-refractivity contribution is -0.542. The standard InChI is InChI=1S/C4H3NO3.C3H3N3O2/c6-5(7)4-2-1-3-8-4;7-6(8)5-2-1-4-3-5/h2*1-3H. The monoisotopic (exact) mass is 226 g/mol. The molecule has 9 nitrogen and oxygen atoms in total. The van der Waals surface area contributed by atoms with Gasteiger partial charge in [0.1, 0.15) is 4.92 Å². The second-order valence-electron chi connectivity index (χ2n) is 2.39. The van der Waals surface area contributed by atoms with Crippen molar-refractivity contribution < 1.29 is 14.4 Å². The van der Waals surface area contributed by atoms with Crippen LogP contribution in [0.3, 0.4) is 0 Å². The molecule has 2 rings (SSSR count). The number of furan rings is 1. The summed E-state index contributed by atoms with van der Waals surface area (Å²) in [5.41, 5.74) is 0. The van der Waals surface area contributed by atoms with Crippen molar-refractivity contribution in [3.8, 4) is 0 Å². The molecule has 84 valence electrons. The zero-order valence-corrected chi connectivity index (χ0v) is 7.79. The van der Waals surface area contributed by atoms with Crippen molar-refractivity contribution in [1.29, 1.82) is 0 Å². The fraction of sp³-hybridized carbons (Fsp3) is 0. The zero-order valence-electron chi connectivity index (χ0n) is 7.79. The van der Waals surface area contributed by atoms with E-state index in [1.54, 1.807) is 0 Å². The smallest absolute Gasteiger partial charge is 0.409 e. The van der Waals surface area contributed by atoms with Gasteiger partial charge in [-0.15, -0.1) is 0 Å². The van der Waals surface area contributed by atoms with Crippen LogP contribution in [0.5, 0.6) is 0 Å². The third-order valence-corrected chi connectivity index (χ3v) is 1.37. The highest BCUT2D eigenvalue weighted by molar-refractivity contribution is 5.11. The van der Waals surface area contributed by atoms with Crippen LogP contribution in [0.25, 0.3) is 0 Å². The SMILES string of the molecule is O=[N+]([O-])c1ccco1.O=[N+]([O-])n1ccnc1. The average Bonchev–Trinajstić information content (AvgIpc) is 2.93. The van der Waals surface area contributed by atoms with Gasteiger partial charge in [0.05, 0.1) is 24.7 Å². The Labute approximate surface area is 88.2 Å². The Morgan fingerprint density at radius 2 is 2.12 bits per heavy atom. The van der Waals surface area contributed by atoms with E-state index in [4.69, 9.17) is 0 Å². The molecule has 0 radical (unpaired) electrons. The highest BCUT2D eigenvalue weighted by Crippen LogP contribution is 2.08. The summed E-state index contributed by atoms with van der Waals surface area (Å²) in [7, 11) is 0. The molecule has 0 unspecified atom stereocenters. The molecule has 0 saturated heterocycles. The Balaban J connectivity index is 0.000000160. The molecule has 0 fully saturated rings. The predicted molar refractivity (Wildman–Crippen MR) is 50.0 cm³/mol. The van der Waals surface area contributed by atoms with Crippen LogP contribution in [0.1, 0.15) is 0 Å². The number of imidazole rings is 1. The maximum Gasteiger partial charge on any atom is 0.432 e. The van der Waals surface area contributed by atoms with Gasteiger partial charge in [0, 0.05) is 0 Å². The Hall–Kier alpha value is -2.71. The van der Waals surface area contributed by atoms with Gasteiger partial charge in [0.2, 0.25) is 0 Å². The first kappa shape index (κ1) is 11.4. The van der Waals surface area contributed by atoms with Gasteiger partial charge in [-0.3, -0.25) is 10.1 Å². The van der Waals surface area contributed by atoms with Crippen molar-refractivity contribution in [3.63, 3.8) is 0 Å². The van der Waals surface area contributed by atoms with Gasteiger partial charge >= 0.3 is 5.88 Å². The number of nitro groups is 2. The normalized spacial score (nSPS) is 9.00. The van der Waals surface area contributed by atoms with E-state index >= 15 is 0 Å². The van der Waals surface area contributed by atoms with Crippen molar-refractivity contribution in [2.45, 2.75) is 0 Å². The molecule has 16 heavy (non-hydrogen) atoms. The molecule has 0 N–H and O–H groups in total. The quantitative estimate of drug-likeness (QED) is 0.559. The maximum absolute atomic E-state index is 9.79. The van der Waals surface area contributed by atoms with Gasteiger partial charge in [0.15, 0.2) is 11.4 Å². The van der Waals surface area contributed by atoms with Crippen LogP contribution in [0.15, 0.2) is 41.5 Å². The summed E-state index contributed by atoms with van der Waals surface area (Å²) >= 11 is 0. The zero-order chi connectivity index (χ0) is 12.0. The van der Waals surface area contributed by atoms with E-state index in [2.05, 4.69) is 9.40 Å². The van der Waals surface area contributed by atoms with Crippen molar-refractivity contribution in [3.05, 3.63) is 57.3 Å². The van der Waals surface area contributed by atoms with Crippen LogP contribution in [0, 0.1) is 20.2 Å². The third kappa shape index (κ3) is 3.21. The van der Waals surface area contributed by atoms with Gasteiger partial charge in [-0.05, 0) is 6.07 Å². The summed E-state index contributed by atoms with van der Waals surface area (Å²) in [6.07, 6.45) is 5.00. The molecule has 2 heterocycles. The molecule has 0 atom stereocenters. The van der Waals surface area contributed by atoms with E-state index in [1.165, 1.54) is 30.8 Å². The Morgan fingerprint density at radius 1 is 1.38 bits per heavy atom. The first-order chi connectivity index (χ1) is 7.61. The predicted octanol–water partition coefficient (Wildman–Crippen LogP) is 1.11. The van der Waals surface area contributed by atoms with Gasteiger partial charge in [-0.1, -0.05) is 4.68 Å². The lowest BCUT2D eigenvalue weighted by Gasteiger charge is -1.81. The van der Waals surface area contributed by atoms with E-state index in [0.29, 0.717) is 0 Å². The summed E-state index contributed by atoms with van der Waals surface area (Å²) < 4.78 is 5.17. The first-order valence-electron chi connectivity index (χ1n) is 3.92. The van der Waals surface area contributed by atoms with Crippen LogP contribution in [0.4, 0.5) is 5.88 Å². The van der Waals surface area contributed by atoms with Crippen LogP contribution in [-0.4, -0.2) is 19.6 Å². The van der Waals surface area contributed by atoms with Crippen molar-refractivity contribution in [2.24, 2.45) is 0 Å². The molecule has 2 aromatic rings. The number of aromatic nitrogens is 2. The number of rotatable bonds is 2. The Kier molecular flexibility index (Phi) is 3.72. The molecule has 0 aliphatic rings. The molecule has 0 aliphatic heterocycles. The molecule has 0 spiro atoms. The van der Waals surface area contributed by atoms with Crippen LogP contribution in [-0.2, 0) is 0 Å². The average molecular weight is 226 g/mol. The van der Waals surface area contributed by atoms with Crippen LogP contribution in [0.2, 0.25) is 0 Å². The lowest BCUT2D eigenvalue weighted by atomic mass is 10.6. The van der Waals surface area contributed by atoms with E-state index in [9.17, 15) is 20.2 Å². The molecule has 2 aromatic heterocycles. The van der Waals surface area contributed by atoms with Gasteiger partial charge in [-0.2, -0.15) is 0 Å². The largest absolute Gasteiger partial charge is 0.432 e. The highest BCUT2D eigenvalue weighted by Gasteiger charge is 2.04. The topological polar surface area (TPSA) is 117 Å². The molecular weight excluding hydrogens is 220 g/mol. The minimum absolute atomic E-state index is 0.218. The number of hydrogen-bond donors (Lipinski definition) is 0. The van der Waals surface area contributed by atoms with Crippen LogP contribution >= 0.6 is 0 Å². The summed E-state index contributed by atoms with van der Waals surface area (Å²) in [5.74, 6) is -0.218. The summed E-state index contributed by atoms with van der Waals surface area (Å²) in [6, 6.07) is 2.76. The summed E-state index contributed by atoms with van der Waals surface area (Å²) in [4.78, 5) is 22.4. The van der Waals surface area contributed by atoms with Crippen molar-refractivity contribution in [2.75, 3.05) is 0 Å². The number of nitrogens with zero attached hydrogens (tertiary/aromatic N) is 4. The molecule has 0 aromatic carbocycles. The molecule has 0 amide bonds. The second kappa shape index (κ2) is 5.24. The number of hydrogen-bond acceptors (Lipinski definition) is 6. The fourth-order valence-electron chi connectivity index (χ4n) is 0.722. The first-order valence-corrected chi connectivity index (χ1v) is 3.92.